The van der Waals surface area contributed by atoms with Gasteiger partial charge in [-0.15, -0.1) is 13.2 Å². The Balaban J connectivity index is 0.000000234. The van der Waals surface area contributed by atoms with Gasteiger partial charge in [-0.2, -0.15) is 13.2 Å². The maximum Gasteiger partial charge on any atom is 0.573 e. The van der Waals surface area contributed by atoms with Crippen LogP contribution < -0.4 is 20.7 Å². The number of urea groups is 2. The Kier molecular flexibility index (Phi) is 17.1. The highest BCUT2D eigenvalue weighted by Gasteiger charge is 2.34. The number of nitrogens with one attached hydrogen (secondary N) is 3. The molecule has 0 aliphatic carbocycles. The molecular weight excluding hydrogens is 822 g/mol. The van der Waals surface area contributed by atoms with E-state index in [9.17, 15) is 35.9 Å². The molecule has 9 nitrogen and oxygen atoms in total. The lowest BCUT2D eigenvalue weighted by Gasteiger charge is -2.40. The van der Waals surface area contributed by atoms with Crippen LogP contribution in [0.25, 0.3) is 0 Å². The number of rotatable bonds is 12. The standard InChI is InChI=1S/C25H32F3N3O2.C20H21ClF3N3O/c1-3-9-19(2)30-16-14-21(15-17-30)31(18-20-10-5-4-6-11-20)24(32)29-22-12-7-8-13-23(22)33-25(26,27)28;21-16-5-1-3-14(11-16)13-27-9-7-17(8-10-27)25-19(28)26-18-6-2-4-15(12-18)20(22,23)24/h4-8,10-13,19,21H,3,9,14-18H2,1-2H3,(H,29,32);1-6,11-12,17H,7-10,13H2,(H2,25,26,28). The zero-order valence-corrected chi connectivity index (χ0v) is 35.0. The molecule has 61 heavy (non-hydrogen) atoms. The van der Waals surface area contributed by atoms with Crippen molar-refractivity contribution in [2.45, 2.75) is 96.1 Å². The molecule has 1 unspecified atom stereocenters. The smallest absolute Gasteiger partial charge is 0.404 e. The number of piperidine rings is 2. The van der Waals surface area contributed by atoms with E-state index < -0.39 is 35.9 Å². The summed E-state index contributed by atoms with van der Waals surface area (Å²) in [5.41, 5.74) is 1.42. The maximum absolute atomic E-state index is 13.3. The number of nitrogens with zero attached hydrogens (tertiary/aromatic N) is 3. The quantitative estimate of drug-likeness (QED) is 0.123. The van der Waals surface area contributed by atoms with Crippen LogP contribution >= 0.6 is 11.6 Å². The molecule has 4 aromatic carbocycles. The van der Waals surface area contributed by atoms with Crippen LogP contribution in [-0.4, -0.2) is 77.4 Å². The van der Waals surface area contributed by atoms with Crippen LogP contribution in [0.15, 0.2) is 103 Å². The third-order valence-corrected chi connectivity index (χ3v) is 11.0. The summed E-state index contributed by atoms with van der Waals surface area (Å²) in [6.07, 6.45) is -3.84. The van der Waals surface area contributed by atoms with Crippen molar-refractivity contribution in [1.29, 1.82) is 0 Å². The van der Waals surface area contributed by atoms with Gasteiger partial charge in [0.1, 0.15) is 0 Å². The molecule has 0 aromatic heterocycles. The fourth-order valence-corrected chi connectivity index (χ4v) is 7.82. The van der Waals surface area contributed by atoms with Crippen LogP contribution in [0.1, 0.15) is 69.1 Å². The Bertz CT molecular complexity index is 1990. The summed E-state index contributed by atoms with van der Waals surface area (Å²) >= 11 is 6.01. The van der Waals surface area contributed by atoms with Crippen molar-refractivity contribution in [3.63, 3.8) is 0 Å². The zero-order chi connectivity index (χ0) is 44.0. The number of benzene rings is 4. The molecule has 0 spiro atoms. The molecule has 4 aromatic rings. The van der Waals surface area contributed by atoms with Gasteiger partial charge in [0, 0.05) is 68.1 Å². The number of carbonyl (C=O) groups is 2. The van der Waals surface area contributed by atoms with Crippen LogP contribution in [-0.2, 0) is 19.3 Å². The first-order chi connectivity index (χ1) is 29.1. The Hall–Kier alpha value is -4.99. The number of hydrogen-bond acceptors (Lipinski definition) is 5. The van der Waals surface area contributed by atoms with Crippen LogP contribution in [0.4, 0.5) is 47.3 Å². The van der Waals surface area contributed by atoms with Crippen molar-refractivity contribution < 1.29 is 40.7 Å². The van der Waals surface area contributed by atoms with E-state index in [1.54, 1.807) is 11.0 Å². The minimum absolute atomic E-state index is 0.00751. The van der Waals surface area contributed by atoms with E-state index in [4.69, 9.17) is 11.6 Å². The van der Waals surface area contributed by atoms with Gasteiger partial charge in [-0.3, -0.25) is 4.90 Å². The molecule has 0 radical (unpaired) electrons. The van der Waals surface area contributed by atoms with Crippen LogP contribution in [0.2, 0.25) is 5.02 Å². The number of likely N-dealkylation sites (tertiary alicyclic amines) is 2. The number of hydrogen-bond donors (Lipinski definition) is 3. The van der Waals surface area contributed by atoms with Crippen molar-refractivity contribution >= 4 is 35.0 Å². The molecule has 2 aliphatic rings. The largest absolute Gasteiger partial charge is 0.573 e. The van der Waals surface area contributed by atoms with E-state index in [2.05, 4.69) is 44.3 Å². The monoisotopic (exact) mass is 874 g/mol. The predicted molar refractivity (Wildman–Crippen MR) is 226 cm³/mol. The van der Waals surface area contributed by atoms with Gasteiger partial charge >= 0.3 is 24.6 Å². The summed E-state index contributed by atoms with van der Waals surface area (Å²) in [7, 11) is 0. The van der Waals surface area contributed by atoms with Gasteiger partial charge in [-0.05, 0) is 92.6 Å². The Morgan fingerprint density at radius 2 is 1.46 bits per heavy atom. The van der Waals surface area contributed by atoms with E-state index in [0.717, 1.165) is 94.5 Å². The minimum Gasteiger partial charge on any atom is -0.404 e. The predicted octanol–water partition coefficient (Wildman–Crippen LogP) is 11.4. The lowest BCUT2D eigenvalue weighted by molar-refractivity contribution is -0.274. The molecule has 0 bridgehead atoms. The number of halogens is 7. The molecule has 16 heteroatoms. The summed E-state index contributed by atoms with van der Waals surface area (Å²) in [6, 6.07) is 27.1. The van der Waals surface area contributed by atoms with Gasteiger partial charge in [-0.25, -0.2) is 9.59 Å². The third kappa shape index (κ3) is 15.5. The SMILES string of the molecule is CCCC(C)N1CCC(N(Cc2ccccc2)C(=O)Nc2ccccc2OC(F)(F)F)CC1.O=C(Nc1cccc(C(F)(F)F)c1)NC1CCN(Cc2cccc(Cl)c2)CC1. The number of alkyl halides is 6. The second-order valence-corrected chi connectivity index (χ2v) is 15.8. The van der Waals surface area contributed by atoms with E-state index in [1.165, 1.54) is 30.3 Å². The Morgan fingerprint density at radius 3 is 2.11 bits per heavy atom. The Labute approximate surface area is 358 Å². The van der Waals surface area contributed by atoms with E-state index in [0.29, 0.717) is 17.6 Å². The van der Waals surface area contributed by atoms with Crippen LogP contribution in [0, 0.1) is 0 Å². The highest BCUT2D eigenvalue weighted by molar-refractivity contribution is 6.30. The van der Waals surface area contributed by atoms with Gasteiger partial charge < -0.3 is 30.5 Å². The molecule has 2 saturated heterocycles. The second-order valence-electron chi connectivity index (χ2n) is 15.3. The topological polar surface area (TPSA) is 89.2 Å². The van der Waals surface area contributed by atoms with Crippen molar-refractivity contribution in [2.75, 3.05) is 36.8 Å². The lowest BCUT2D eigenvalue weighted by atomic mass is 10.00. The van der Waals surface area contributed by atoms with Gasteiger partial charge in [0.25, 0.3) is 0 Å². The summed E-state index contributed by atoms with van der Waals surface area (Å²) in [4.78, 5) is 31.9. The number of anilines is 2. The van der Waals surface area contributed by atoms with Crippen molar-refractivity contribution in [2.24, 2.45) is 0 Å². The zero-order valence-electron chi connectivity index (χ0n) is 34.2. The molecule has 0 saturated carbocycles. The summed E-state index contributed by atoms with van der Waals surface area (Å²) in [5, 5.41) is 8.68. The fraction of sp³-hybridized carbons (Fsp3) is 0.422. The lowest BCUT2D eigenvalue weighted by Crippen LogP contribution is -2.50. The molecule has 4 amide bonds. The molecule has 1 atom stereocenters. The van der Waals surface area contributed by atoms with Crippen LogP contribution in [0.5, 0.6) is 5.75 Å². The molecule has 2 fully saturated rings. The third-order valence-electron chi connectivity index (χ3n) is 10.7. The first-order valence-corrected chi connectivity index (χ1v) is 20.9. The van der Waals surface area contributed by atoms with Crippen molar-refractivity contribution in [1.82, 2.24) is 20.0 Å². The van der Waals surface area contributed by atoms with Crippen LogP contribution in [0.3, 0.4) is 0 Å². The maximum atomic E-state index is 13.3. The number of carbonyl (C=O) groups excluding carboxylic acids is 2. The van der Waals surface area contributed by atoms with E-state index in [-0.39, 0.29) is 23.5 Å². The molecule has 2 heterocycles. The van der Waals surface area contributed by atoms with Gasteiger partial charge in [0.05, 0.1) is 11.3 Å². The number of amides is 4. The first-order valence-electron chi connectivity index (χ1n) is 20.5. The second kappa shape index (κ2) is 22.2. The number of ether oxygens (including phenoxy) is 1. The Morgan fingerprint density at radius 1 is 0.803 bits per heavy atom. The molecule has 2 aliphatic heterocycles. The average Bonchev–Trinajstić information content (AvgIpc) is 3.21. The summed E-state index contributed by atoms with van der Waals surface area (Å²) in [5.74, 6) is -0.429. The minimum atomic E-state index is -4.84. The highest BCUT2D eigenvalue weighted by Crippen LogP contribution is 2.32. The summed E-state index contributed by atoms with van der Waals surface area (Å²) in [6.45, 7) is 9.00. The van der Waals surface area contributed by atoms with Gasteiger partial charge in [0.2, 0.25) is 0 Å². The molecule has 3 N–H and O–H groups in total. The normalized spacial score (nSPS) is 16.1. The fourth-order valence-electron chi connectivity index (χ4n) is 7.61. The number of para-hydroxylation sites is 2. The molecule has 330 valence electrons. The molecular formula is C45H53ClF6N6O3. The van der Waals surface area contributed by atoms with Gasteiger partial charge in [0.15, 0.2) is 5.75 Å². The molecule has 6 rings (SSSR count). The highest BCUT2D eigenvalue weighted by atomic mass is 35.5. The van der Waals surface area contributed by atoms with Gasteiger partial charge in [-0.1, -0.05) is 85.6 Å². The van der Waals surface area contributed by atoms with Crippen molar-refractivity contribution in [3.8, 4) is 5.75 Å². The van der Waals surface area contributed by atoms with Crippen molar-refractivity contribution in [3.05, 3.63) is 125 Å². The first kappa shape index (κ1) is 47.1. The van der Waals surface area contributed by atoms with E-state index >= 15 is 0 Å². The average molecular weight is 875 g/mol. The van der Waals surface area contributed by atoms with E-state index in [1.807, 2.05) is 54.6 Å². The summed E-state index contributed by atoms with van der Waals surface area (Å²) < 4.78 is 80.8.